The van der Waals surface area contributed by atoms with E-state index in [1.807, 2.05) is 41.1 Å². The van der Waals surface area contributed by atoms with Crippen molar-refractivity contribution in [3.8, 4) is 0 Å². The van der Waals surface area contributed by atoms with Crippen molar-refractivity contribution in [3.05, 3.63) is 70.1 Å². The predicted molar refractivity (Wildman–Crippen MR) is 83.0 cm³/mol. The van der Waals surface area contributed by atoms with E-state index in [9.17, 15) is 4.39 Å². The number of rotatable bonds is 3. The summed E-state index contributed by atoms with van der Waals surface area (Å²) in [5.74, 6) is -0.218. The third-order valence-corrected chi connectivity index (χ3v) is 3.85. The third-order valence-electron chi connectivity index (χ3n) is 3.36. The Hall–Kier alpha value is -1.94. The number of benzene rings is 2. The monoisotopic (exact) mass is 330 g/mol. The highest BCUT2D eigenvalue weighted by molar-refractivity contribution is 9.10. The second-order valence-corrected chi connectivity index (χ2v) is 5.52. The zero-order chi connectivity index (χ0) is 14.1. The van der Waals surface area contributed by atoms with E-state index in [-0.39, 0.29) is 5.82 Å². The van der Waals surface area contributed by atoms with Gasteiger partial charge in [0.05, 0.1) is 6.54 Å². The molecule has 4 heteroatoms. The van der Waals surface area contributed by atoms with Gasteiger partial charge in [0, 0.05) is 38.9 Å². The van der Waals surface area contributed by atoms with Crippen molar-refractivity contribution >= 4 is 33.0 Å². The Bertz CT molecular complexity index is 792. The van der Waals surface area contributed by atoms with E-state index in [2.05, 4.69) is 15.9 Å². The lowest BCUT2D eigenvalue weighted by Gasteiger charge is -2.07. The van der Waals surface area contributed by atoms with E-state index >= 15 is 0 Å². The quantitative estimate of drug-likeness (QED) is 0.680. The van der Waals surface area contributed by atoms with Crippen LogP contribution in [-0.2, 0) is 6.54 Å². The minimum Gasteiger partial charge on any atom is -0.343 e. The van der Waals surface area contributed by atoms with Gasteiger partial charge in [0.25, 0.3) is 0 Å². The van der Waals surface area contributed by atoms with Crippen LogP contribution >= 0.6 is 15.9 Å². The highest BCUT2D eigenvalue weighted by Crippen LogP contribution is 2.22. The van der Waals surface area contributed by atoms with Crippen LogP contribution in [0.3, 0.4) is 0 Å². The van der Waals surface area contributed by atoms with E-state index < -0.39 is 0 Å². The maximum absolute atomic E-state index is 13.9. The summed E-state index contributed by atoms with van der Waals surface area (Å²) < 4.78 is 16.6. The van der Waals surface area contributed by atoms with Crippen molar-refractivity contribution in [2.45, 2.75) is 6.54 Å². The molecule has 0 saturated heterocycles. The van der Waals surface area contributed by atoms with Crippen LogP contribution in [0.1, 0.15) is 11.1 Å². The molecule has 3 aromatic rings. The predicted octanol–water partition coefficient (Wildman–Crippen LogP) is 4.59. The standard InChI is InChI=1S/C16H12BrFN2/c17-13-5-4-12(15(18)8-13)10-20-7-6-14-11(9-19)2-1-3-16(14)20/h1-9,19H,10H2. The number of fused-ring (bicyclic) bond motifs is 1. The van der Waals surface area contributed by atoms with Crippen LogP contribution in [0.4, 0.5) is 4.39 Å². The van der Waals surface area contributed by atoms with Crippen molar-refractivity contribution < 1.29 is 4.39 Å². The van der Waals surface area contributed by atoms with E-state index in [1.54, 1.807) is 6.07 Å². The summed E-state index contributed by atoms with van der Waals surface area (Å²) in [6.07, 6.45) is 3.27. The molecule has 0 aliphatic heterocycles. The van der Waals surface area contributed by atoms with E-state index in [0.717, 1.165) is 20.9 Å². The molecule has 1 aromatic heterocycles. The van der Waals surface area contributed by atoms with Crippen LogP contribution in [0.25, 0.3) is 10.9 Å². The molecule has 0 radical (unpaired) electrons. The Morgan fingerprint density at radius 2 is 2.05 bits per heavy atom. The zero-order valence-electron chi connectivity index (χ0n) is 10.6. The number of hydrogen-bond donors (Lipinski definition) is 1. The van der Waals surface area contributed by atoms with Crippen LogP contribution in [0.5, 0.6) is 0 Å². The normalized spacial score (nSPS) is 10.9. The number of halogens is 2. The highest BCUT2D eigenvalue weighted by Gasteiger charge is 2.07. The number of nitrogens with one attached hydrogen (secondary N) is 1. The summed E-state index contributed by atoms with van der Waals surface area (Å²) in [7, 11) is 0. The van der Waals surface area contributed by atoms with Gasteiger partial charge in [-0.1, -0.05) is 34.1 Å². The summed E-state index contributed by atoms with van der Waals surface area (Å²) in [4.78, 5) is 0. The molecule has 0 aliphatic rings. The molecular formula is C16H12BrFN2. The molecule has 0 amide bonds. The van der Waals surface area contributed by atoms with E-state index in [1.165, 1.54) is 12.3 Å². The van der Waals surface area contributed by atoms with Crippen LogP contribution < -0.4 is 0 Å². The minimum atomic E-state index is -0.218. The second-order valence-electron chi connectivity index (χ2n) is 4.60. The van der Waals surface area contributed by atoms with Crippen molar-refractivity contribution in [2.75, 3.05) is 0 Å². The van der Waals surface area contributed by atoms with E-state index in [0.29, 0.717) is 12.1 Å². The molecule has 1 N–H and O–H groups in total. The molecule has 2 aromatic carbocycles. The van der Waals surface area contributed by atoms with Crippen LogP contribution in [0, 0.1) is 11.2 Å². The fourth-order valence-electron chi connectivity index (χ4n) is 2.34. The molecule has 0 spiro atoms. The fourth-order valence-corrected chi connectivity index (χ4v) is 2.68. The lowest BCUT2D eigenvalue weighted by molar-refractivity contribution is 0.601. The van der Waals surface area contributed by atoms with Gasteiger partial charge >= 0.3 is 0 Å². The molecular weight excluding hydrogens is 319 g/mol. The molecule has 20 heavy (non-hydrogen) atoms. The highest BCUT2D eigenvalue weighted by atomic mass is 79.9. The zero-order valence-corrected chi connectivity index (χ0v) is 12.2. The molecule has 0 aliphatic carbocycles. The first kappa shape index (κ1) is 13.1. The van der Waals surface area contributed by atoms with Gasteiger partial charge in [-0.2, -0.15) is 0 Å². The van der Waals surface area contributed by atoms with Gasteiger partial charge in [-0.3, -0.25) is 0 Å². The van der Waals surface area contributed by atoms with Crippen molar-refractivity contribution in [1.82, 2.24) is 4.57 Å². The van der Waals surface area contributed by atoms with Gasteiger partial charge in [-0.25, -0.2) is 4.39 Å². The number of nitrogens with zero attached hydrogens (tertiary/aromatic N) is 1. The molecule has 0 atom stereocenters. The average molecular weight is 331 g/mol. The first-order valence-corrected chi connectivity index (χ1v) is 7.00. The fraction of sp³-hybridized carbons (Fsp3) is 0.0625. The Morgan fingerprint density at radius 1 is 1.20 bits per heavy atom. The first-order valence-electron chi connectivity index (χ1n) is 6.21. The summed E-state index contributed by atoms with van der Waals surface area (Å²) in [6, 6.07) is 12.9. The van der Waals surface area contributed by atoms with Crippen LogP contribution in [0.15, 0.2) is 53.1 Å². The molecule has 0 unspecified atom stereocenters. The Kier molecular flexibility index (Phi) is 3.40. The van der Waals surface area contributed by atoms with Gasteiger partial charge in [0.15, 0.2) is 0 Å². The van der Waals surface area contributed by atoms with E-state index in [4.69, 9.17) is 5.41 Å². The third kappa shape index (κ3) is 2.27. The van der Waals surface area contributed by atoms with Crippen molar-refractivity contribution in [3.63, 3.8) is 0 Å². The molecule has 0 saturated carbocycles. The first-order chi connectivity index (χ1) is 9.69. The molecule has 2 nitrogen and oxygen atoms in total. The summed E-state index contributed by atoms with van der Waals surface area (Å²) in [5, 5.41) is 8.43. The molecule has 3 rings (SSSR count). The number of hydrogen-bond acceptors (Lipinski definition) is 1. The van der Waals surface area contributed by atoms with Crippen molar-refractivity contribution in [1.29, 1.82) is 5.41 Å². The lowest BCUT2D eigenvalue weighted by atomic mass is 10.1. The minimum absolute atomic E-state index is 0.218. The number of aromatic nitrogens is 1. The second kappa shape index (κ2) is 5.21. The van der Waals surface area contributed by atoms with Gasteiger partial charge in [0.2, 0.25) is 0 Å². The maximum atomic E-state index is 13.9. The van der Waals surface area contributed by atoms with Crippen LogP contribution in [-0.4, -0.2) is 10.8 Å². The van der Waals surface area contributed by atoms with Gasteiger partial charge < -0.3 is 9.98 Å². The Labute approximate surface area is 124 Å². The average Bonchev–Trinajstić information content (AvgIpc) is 2.85. The molecule has 100 valence electrons. The Balaban J connectivity index is 2.05. The van der Waals surface area contributed by atoms with Gasteiger partial charge in [-0.05, 0) is 24.3 Å². The maximum Gasteiger partial charge on any atom is 0.129 e. The summed E-state index contributed by atoms with van der Waals surface area (Å²) in [5.41, 5.74) is 2.52. The molecule has 1 heterocycles. The lowest BCUT2D eigenvalue weighted by Crippen LogP contribution is -2.00. The summed E-state index contributed by atoms with van der Waals surface area (Å²) in [6.45, 7) is 0.476. The van der Waals surface area contributed by atoms with Crippen LogP contribution in [0.2, 0.25) is 0 Å². The molecule has 0 bridgehead atoms. The largest absolute Gasteiger partial charge is 0.343 e. The van der Waals surface area contributed by atoms with Gasteiger partial charge in [0.1, 0.15) is 5.82 Å². The summed E-state index contributed by atoms with van der Waals surface area (Å²) >= 11 is 3.26. The Morgan fingerprint density at radius 3 is 2.80 bits per heavy atom. The van der Waals surface area contributed by atoms with Gasteiger partial charge in [-0.15, -0.1) is 0 Å². The smallest absolute Gasteiger partial charge is 0.129 e. The topological polar surface area (TPSA) is 28.8 Å². The molecule has 0 fully saturated rings. The van der Waals surface area contributed by atoms with Crippen molar-refractivity contribution in [2.24, 2.45) is 0 Å². The SMILES string of the molecule is N=Cc1cccc2c1ccn2Cc1ccc(Br)cc1F.